The van der Waals surface area contributed by atoms with Crippen molar-refractivity contribution in [3.63, 3.8) is 0 Å². The number of amides is 1. The number of carbonyl (C=O) groups excluding carboxylic acids is 1. The van der Waals surface area contributed by atoms with Crippen molar-refractivity contribution in [2.75, 3.05) is 17.5 Å². The molecule has 0 spiro atoms. The summed E-state index contributed by atoms with van der Waals surface area (Å²) in [6.45, 7) is 4.27. The van der Waals surface area contributed by atoms with E-state index in [-0.39, 0.29) is 5.91 Å². The fourth-order valence-corrected chi connectivity index (χ4v) is 4.48. The topological polar surface area (TPSA) is 78.8 Å². The minimum Gasteiger partial charge on any atom is -0.284 e. The minimum atomic E-state index is -3.36. The molecule has 1 aromatic rings. The third-order valence-corrected chi connectivity index (χ3v) is 5.96. The van der Waals surface area contributed by atoms with Gasteiger partial charge in [0.1, 0.15) is 0 Å². The van der Waals surface area contributed by atoms with E-state index in [9.17, 15) is 13.2 Å². The first kappa shape index (κ1) is 23.0. The van der Waals surface area contributed by atoms with Gasteiger partial charge in [-0.3, -0.25) is 9.52 Å². The van der Waals surface area contributed by atoms with Crippen LogP contribution in [0.4, 0.5) is 5.69 Å². The average Bonchev–Trinajstić information content (AvgIpc) is 2.74. The Bertz CT molecular complexity index is 1050. The molecule has 0 atom stereocenters. The highest BCUT2D eigenvalue weighted by Crippen LogP contribution is 2.25. The number of nitrogens with zero attached hydrogens (tertiary/aromatic N) is 2. The molecule has 0 unspecified atom stereocenters. The van der Waals surface area contributed by atoms with E-state index in [1.54, 1.807) is 18.2 Å². The zero-order valence-electron chi connectivity index (χ0n) is 18.5. The normalized spacial score (nSPS) is 24.3. The molecule has 31 heavy (non-hydrogen) atoms. The molecule has 1 saturated carbocycles. The highest BCUT2D eigenvalue weighted by Gasteiger charge is 2.16. The minimum absolute atomic E-state index is 0.137. The van der Waals surface area contributed by atoms with Gasteiger partial charge in [-0.1, -0.05) is 49.1 Å². The predicted octanol–water partition coefficient (Wildman–Crippen LogP) is 4.74. The number of anilines is 1. The molecule has 1 aliphatic carbocycles. The molecule has 0 bridgehead atoms. The van der Waals surface area contributed by atoms with Gasteiger partial charge in [-0.25, -0.2) is 13.4 Å². The molecule has 1 aliphatic heterocycles. The Balaban J connectivity index is 1.87. The van der Waals surface area contributed by atoms with Crippen LogP contribution in [0.3, 0.4) is 0 Å². The van der Waals surface area contributed by atoms with Crippen molar-refractivity contribution in [1.82, 2.24) is 5.01 Å². The lowest BCUT2D eigenvalue weighted by Crippen LogP contribution is -2.27. The van der Waals surface area contributed by atoms with Crippen LogP contribution in [-0.4, -0.2) is 38.3 Å². The third-order valence-electron chi connectivity index (χ3n) is 5.36. The highest BCUT2D eigenvalue weighted by molar-refractivity contribution is 7.92. The molecule has 1 N–H and O–H groups in total. The number of hydrazone groups is 1. The number of carbonyl (C=O) groups is 1. The van der Waals surface area contributed by atoms with Crippen molar-refractivity contribution in [2.24, 2.45) is 11.0 Å². The quantitative estimate of drug-likeness (QED) is 0.670. The summed E-state index contributed by atoms with van der Waals surface area (Å²) in [4.78, 5) is 12.8. The van der Waals surface area contributed by atoms with Crippen LogP contribution in [0, 0.1) is 5.92 Å². The molecule has 1 amide bonds. The molecular weight excluding hydrogens is 410 g/mol. The van der Waals surface area contributed by atoms with Crippen molar-refractivity contribution < 1.29 is 13.2 Å². The van der Waals surface area contributed by atoms with E-state index in [0.29, 0.717) is 18.2 Å². The lowest BCUT2D eigenvalue weighted by molar-refractivity contribution is -0.125. The Labute approximate surface area is 185 Å². The van der Waals surface area contributed by atoms with Crippen LogP contribution >= 0.6 is 0 Å². The first-order valence-corrected chi connectivity index (χ1v) is 12.6. The summed E-state index contributed by atoms with van der Waals surface area (Å²) in [5, 5.41) is 6.07. The van der Waals surface area contributed by atoms with Gasteiger partial charge in [0.25, 0.3) is 5.91 Å². The Morgan fingerprint density at radius 1 is 1.10 bits per heavy atom. The summed E-state index contributed by atoms with van der Waals surface area (Å²) >= 11 is 0. The van der Waals surface area contributed by atoms with Gasteiger partial charge in [0, 0.05) is 18.0 Å². The van der Waals surface area contributed by atoms with Gasteiger partial charge in [-0.15, -0.1) is 0 Å². The maximum atomic E-state index is 12.8. The Morgan fingerprint density at radius 3 is 2.55 bits per heavy atom. The van der Waals surface area contributed by atoms with E-state index < -0.39 is 10.0 Å². The van der Waals surface area contributed by atoms with Crippen LogP contribution in [0.2, 0.25) is 0 Å². The Hall–Kier alpha value is -2.67. The molecular formula is C24H31N3O3S. The van der Waals surface area contributed by atoms with E-state index in [2.05, 4.69) is 9.82 Å². The number of benzene rings is 1. The number of hydrogen-bond donors (Lipinski definition) is 1. The van der Waals surface area contributed by atoms with Gasteiger partial charge < -0.3 is 0 Å². The van der Waals surface area contributed by atoms with E-state index in [1.807, 2.05) is 44.3 Å². The Morgan fingerprint density at radius 2 is 1.84 bits per heavy atom. The van der Waals surface area contributed by atoms with Gasteiger partial charge in [0.2, 0.25) is 10.0 Å². The summed E-state index contributed by atoms with van der Waals surface area (Å²) in [7, 11) is -3.36. The smallest absolute Gasteiger partial charge is 0.267 e. The molecule has 166 valence electrons. The zero-order valence-corrected chi connectivity index (χ0v) is 19.3. The van der Waals surface area contributed by atoms with E-state index in [4.69, 9.17) is 0 Å². The van der Waals surface area contributed by atoms with Gasteiger partial charge in [-0.05, 0) is 61.4 Å². The molecule has 6 nitrogen and oxygen atoms in total. The molecule has 7 heteroatoms. The monoisotopic (exact) mass is 441 g/mol. The van der Waals surface area contributed by atoms with Crippen LogP contribution in [-0.2, 0) is 14.8 Å². The second-order valence-corrected chi connectivity index (χ2v) is 10.2. The molecule has 1 heterocycles. The van der Waals surface area contributed by atoms with E-state index in [0.717, 1.165) is 41.4 Å². The van der Waals surface area contributed by atoms with Crippen molar-refractivity contribution in [3.8, 4) is 0 Å². The van der Waals surface area contributed by atoms with Gasteiger partial charge in [-0.2, -0.15) is 5.10 Å². The Kier molecular flexibility index (Phi) is 7.49. The predicted molar refractivity (Wildman–Crippen MR) is 127 cm³/mol. The second-order valence-electron chi connectivity index (χ2n) is 8.49. The largest absolute Gasteiger partial charge is 0.284 e. The first-order chi connectivity index (χ1) is 14.7. The molecule has 1 fully saturated rings. The molecule has 0 aromatic heterocycles. The van der Waals surface area contributed by atoms with Gasteiger partial charge in [0.15, 0.2) is 0 Å². The van der Waals surface area contributed by atoms with Crippen LogP contribution in [0.1, 0.15) is 51.5 Å². The second kappa shape index (κ2) is 10.1. The van der Waals surface area contributed by atoms with Crippen LogP contribution in [0.25, 0.3) is 5.57 Å². The van der Waals surface area contributed by atoms with Crippen molar-refractivity contribution >= 4 is 33.4 Å². The SMILES string of the molecule is CC1=C\C(=O)N(N=CC2CCCCC2)C/C(C)=C/C(c2cccc(NS(C)(=O)=O)c2)=C\1. The average molecular weight is 442 g/mol. The van der Waals surface area contributed by atoms with E-state index in [1.165, 1.54) is 24.3 Å². The molecule has 3 rings (SSSR count). The summed E-state index contributed by atoms with van der Waals surface area (Å²) < 4.78 is 25.7. The number of hydrogen-bond acceptors (Lipinski definition) is 4. The third kappa shape index (κ3) is 7.21. The molecule has 0 saturated heterocycles. The molecule has 0 radical (unpaired) electrons. The first-order valence-electron chi connectivity index (χ1n) is 10.7. The number of sulfonamides is 1. The lowest BCUT2D eigenvalue weighted by atomic mass is 9.90. The lowest BCUT2D eigenvalue weighted by Gasteiger charge is -2.20. The molecule has 2 aliphatic rings. The summed E-state index contributed by atoms with van der Waals surface area (Å²) in [6.07, 6.45) is 14.6. The number of rotatable bonds is 5. The summed E-state index contributed by atoms with van der Waals surface area (Å²) in [6, 6.07) is 7.24. The van der Waals surface area contributed by atoms with Crippen molar-refractivity contribution in [1.29, 1.82) is 0 Å². The van der Waals surface area contributed by atoms with Crippen molar-refractivity contribution in [2.45, 2.75) is 46.0 Å². The summed E-state index contributed by atoms with van der Waals surface area (Å²) in [5.41, 5.74) is 4.08. The van der Waals surface area contributed by atoms with Crippen molar-refractivity contribution in [3.05, 3.63) is 59.2 Å². The van der Waals surface area contributed by atoms with Gasteiger partial charge >= 0.3 is 0 Å². The molecule has 1 aromatic carbocycles. The zero-order chi connectivity index (χ0) is 22.4. The van der Waals surface area contributed by atoms with Crippen LogP contribution in [0.5, 0.6) is 0 Å². The van der Waals surface area contributed by atoms with Crippen LogP contribution < -0.4 is 4.72 Å². The standard InChI is InChI=1S/C24H31N3O3S/c1-18-12-22(21-10-7-11-23(15-21)26-31(3,29)30)13-19(2)17-27(24(28)14-18)25-16-20-8-5-4-6-9-20/h7,10-16,20,26H,4-6,8-9,17H2,1-3H3/b18-14+,19-13+,22-12+,25-16?. The fraction of sp³-hybridized carbons (Fsp3) is 0.417. The van der Waals surface area contributed by atoms with Gasteiger partial charge in [0.05, 0.1) is 12.8 Å². The maximum absolute atomic E-state index is 12.8. The number of allylic oxidation sites excluding steroid dienone is 4. The fourth-order valence-electron chi connectivity index (χ4n) is 3.92. The van der Waals surface area contributed by atoms with E-state index >= 15 is 0 Å². The summed E-state index contributed by atoms with van der Waals surface area (Å²) in [5.74, 6) is 0.310. The highest BCUT2D eigenvalue weighted by atomic mass is 32.2. The number of nitrogens with one attached hydrogen (secondary N) is 1. The maximum Gasteiger partial charge on any atom is 0.267 e. The van der Waals surface area contributed by atoms with Crippen LogP contribution in [0.15, 0.2) is 58.7 Å².